The molecule has 7 heteroatoms. The molecule has 1 unspecified atom stereocenters. The Morgan fingerprint density at radius 2 is 1.41 bits per heavy atom. The van der Waals surface area contributed by atoms with Crippen molar-refractivity contribution in [2.75, 3.05) is 0 Å². The molecule has 1 aromatic heterocycles. The molecule has 0 saturated carbocycles. The number of nitrogens with one attached hydrogen (secondary N) is 1. The lowest BCUT2D eigenvalue weighted by Gasteiger charge is -2.18. The monoisotopic (exact) mass is 493 g/mol. The van der Waals surface area contributed by atoms with E-state index in [-0.39, 0.29) is 18.8 Å². The Bertz CT molecular complexity index is 1610. The van der Waals surface area contributed by atoms with Gasteiger partial charge in [0.05, 0.1) is 5.39 Å². The first-order valence-electron chi connectivity index (χ1n) is 11.8. The minimum absolute atomic E-state index is 0.0669. The molecule has 1 amide bonds. The molecule has 0 aliphatic heterocycles. The van der Waals surface area contributed by atoms with E-state index in [4.69, 9.17) is 13.9 Å². The molecule has 37 heavy (non-hydrogen) atoms. The molecular formula is C30H23NO6. The molecule has 0 radical (unpaired) electrons. The molecule has 5 rings (SSSR count). The second kappa shape index (κ2) is 10.8. The second-order valence-corrected chi connectivity index (χ2v) is 8.46. The summed E-state index contributed by atoms with van der Waals surface area (Å²) in [4.78, 5) is 38.1. The first-order valence-corrected chi connectivity index (χ1v) is 11.8. The van der Waals surface area contributed by atoms with Crippen molar-refractivity contribution in [3.8, 4) is 5.75 Å². The van der Waals surface area contributed by atoms with Crippen molar-refractivity contribution in [2.45, 2.75) is 19.1 Å². The number of fused-ring (bicyclic) bond motifs is 3. The van der Waals surface area contributed by atoms with Crippen LogP contribution in [-0.4, -0.2) is 18.1 Å². The zero-order valence-electron chi connectivity index (χ0n) is 19.8. The van der Waals surface area contributed by atoms with Gasteiger partial charge in [-0.1, -0.05) is 78.9 Å². The maximum Gasteiger partial charge on any atom is 0.408 e. The third-order valence-corrected chi connectivity index (χ3v) is 5.88. The zero-order valence-corrected chi connectivity index (χ0v) is 19.8. The Labute approximate surface area is 212 Å². The number of hydrogen-bond donors (Lipinski definition) is 1. The third kappa shape index (κ3) is 5.67. The summed E-state index contributed by atoms with van der Waals surface area (Å²) in [5.74, 6) is -0.489. The van der Waals surface area contributed by atoms with Gasteiger partial charge in [0, 0.05) is 17.9 Å². The topological polar surface area (TPSA) is 94.8 Å². The quantitative estimate of drug-likeness (QED) is 0.141. The highest BCUT2D eigenvalue weighted by Crippen LogP contribution is 2.26. The van der Waals surface area contributed by atoms with Crippen LogP contribution >= 0.6 is 0 Å². The van der Waals surface area contributed by atoms with Gasteiger partial charge in [-0.3, -0.25) is 0 Å². The first-order chi connectivity index (χ1) is 18.1. The summed E-state index contributed by atoms with van der Waals surface area (Å²) >= 11 is 0. The van der Waals surface area contributed by atoms with Gasteiger partial charge in [0.2, 0.25) is 0 Å². The lowest BCUT2D eigenvalue weighted by molar-refractivity contribution is -0.136. The van der Waals surface area contributed by atoms with E-state index >= 15 is 0 Å². The third-order valence-electron chi connectivity index (χ3n) is 5.88. The minimum Gasteiger partial charge on any atom is -0.445 e. The van der Waals surface area contributed by atoms with Crippen LogP contribution in [0.25, 0.3) is 21.7 Å². The van der Waals surface area contributed by atoms with Crippen LogP contribution in [-0.2, 0) is 22.6 Å². The van der Waals surface area contributed by atoms with Crippen LogP contribution in [0.15, 0.2) is 112 Å². The number of alkyl carbamates (subject to hydrolysis) is 1. The SMILES string of the molecule is O=C(NC(Cc1ccccc1)C(=O)Oc1ccc2c(c1)oc(=O)c1ccccc12)OCc1ccccc1. The van der Waals surface area contributed by atoms with Crippen molar-refractivity contribution in [3.05, 3.63) is 125 Å². The van der Waals surface area contributed by atoms with Gasteiger partial charge in [0.1, 0.15) is 24.0 Å². The van der Waals surface area contributed by atoms with Crippen molar-refractivity contribution >= 4 is 33.8 Å². The fourth-order valence-corrected chi connectivity index (χ4v) is 4.06. The second-order valence-electron chi connectivity index (χ2n) is 8.46. The van der Waals surface area contributed by atoms with Crippen LogP contribution in [0, 0.1) is 0 Å². The van der Waals surface area contributed by atoms with E-state index in [2.05, 4.69) is 5.32 Å². The van der Waals surface area contributed by atoms with E-state index in [1.807, 2.05) is 72.8 Å². The molecule has 0 aliphatic carbocycles. The van der Waals surface area contributed by atoms with Crippen LogP contribution in [0.2, 0.25) is 0 Å². The summed E-state index contributed by atoms with van der Waals surface area (Å²) in [7, 11) is 0. The van der Waals surface area contributed by atoms with Crippen molar-refractivity contribution in [2.24, 2.45) is 0 Å². The molecule has 7 nitrogen and oxygen atoms in total. The highest BCUT2D eigenvalue weighted by molar-refractivity contribution is 6.04. The molecule has 0 fully saturated rings. The van der Waals surface area contributed by atoms with Crippen LogP contribution in [0.1, 0.15) is 11.1 Å². The molecule has 0 saturated heterocycles. The number of rotatable bonds is 7. The Morgan fingerprint density at radius 3 is 2.14 bits per heavy atom. The lowest BCUT2D eigenvalue weighted by atomic mass is 10.1. The van der Waals surface area contributed by atoms with Crippen molar-refractivity contribution in [1.82, 2.24) is 5.32 Å². The fraction of sp³-hybridized carbons (Fsp3) is 0.100. The summed E-state index contributed by atoms with van der Waals surface area (Å²) in [5.41, 5.74) is 1.48. The van der Waals surface area contributed by atoms with E-state index in [9.17, 15) is 14.4 Å². The van der Waals surface area contributed by atoms with Gasteiger partial charge < -0.3 is 19.2 Å². The Hall–Kier alpha value is -4.91. The van der Waals surface area contributed by atoms with E-state index in [1.165, 1.54) is 6.07 Å². The first kappa shape index (κ1) is 23.8. The average molecular weight is 494 g/mol. The lowest BCUT2D eigenvalue weighted by Crippen LogP contribution is -2.44. The van der Waals surface area contributed by atoms with Gasteiger partial charge in [-0.25, -0.2) is 14.4 Å². The Balaban J connectivity index is 1.35. The maximum atomic E-state index is 13.2. The maximum absolute atomic E-state index is 13.2. The summed E-state index contributed by atoms with van der Waals surface area (Å²) in [6.45, 7) is 0.0669. The van der Waals surface area contributed by atoms with Crippen LogP contribution in [0.4, 0.5) is 4.79 Å². The summed E-state index contributed by atoms with van der Waals surface area (Å²) in [5, 5.41) is 4.56. The van der Waals surface area contributed by atoms with Gasteiger partial charge in [0.15, 0.2) is 0 Å². The van der Waals surface area contributed by atoms with Gasteiger partial charge in [0.25, 0.3) is 0 Å². The molecule has 1 atom stereocenters. The van der Waals surface area contributed by atoms with Crippen molar-refractivity contribution in [3.63, 3.8) is 0 Å². The van der Waals surface area contributed by atoms with Crippen LogP contribution in [0.5, 0.6) is 5.75 Å². The number of carbonyl (C=O) groups is 2. The molecule has 1 heterocycles. The largest absolute Gasteiger partial charge is 0.445 e. The number of carbonyl (C=O) groups excluding carboxylic acids is 2. The smallest absolute Gasteiger partial charge is 0.408 e. The van der Waals surface area contributed by atoms with Crippen molar-refractivity contribution in [1.29, 1.82) is 0 Å². The summed E-state index contributed by atoms with van der Waals surface area (Å²) in [6.07, 6.45) is -0.536. The molecule has 0 spiro atoms. The van der Waals surface area contributed by atoms with E-state index in [1.54, 1.807) is 24.3 Å². The molecule has 1 N–H and O–H groups in total. The number of amides is 1. The normalized spacial score (nSPS) is 11.7. The molecule has 5 aromatic rings. The predicted molar refractivity (Wildman–Crippen MR) is 139 cm³/mol. The summed E-state index contributed by atoms with van der Waals surface area (Å²) < 4.78 is 16.4. The van der Waals surface area contributed by atoms with Gasteiger partial charge in [-0.05, 0) is 34.7 Å². The van der Waals surface area contributed by atoms with Crippen molar-refractivity contribution < 1.29 is 23.5 Å². The summed E-state index contributed by atoms with van der Waals surface area (Å²) in [6, 6.07) is 29.5. The van der Waals surface area contributed by atoms with E-state index < -0.39 is 23.7 Å². The standard InChI is InChI=1S/C30H23NO6/c32-28-25-14-8-7-13-23(25)24-16-15-22(18-27(24)37-28)36-29(33)26(17-20-9-3-1-4-10-20)31-30(34)35-19-21-11-5-2-6-12-21/h1-16,18,26H,17,19H2,(H,31,34). The van der Waals surface area contributed by atoms with Gasteiger partial charge >= 0.3 is 17.7 Å². The van der Waals surface area contributed by atoms with Gasteiger partial charge in [-0.2, -0.15) is 0 Å². The Morgan fingerprint density at radius 1 is 0.757 bits per heavy atom. The average Bonchev–Trinajstić information content (AvgIpc) is 2.93. The molecule has 4 aromatic carbocycles. The van der Waals surface area contributed by atoms with Crippen LogP contribution in [0.3, 0.4) is 0 Å². The molecular weight excluding hydrogens is 470 g/mol. The molecule has 0 bridgehead atoms. The highest BCUT2D eigenvalue weighted by atomic mass is 16.6. The number of hydrogen-bond acceptors (Lipinski definition) is 6. The van der Waals surface area contributed by atoms with E-state index in [0.29, 0.717) is 11.0 Å². The van der Waals surface area contributed by atoms with Crippen LogP contribution < -0.4 is 15.7 Å². The van der Waals surface area contributed by atoms with Gasteiger partial charge in [-0.15, -0.1) is 0 Å². The minimum atomic E-state index is -1.01. The number of ether oxygens (including phenoxy) is 2. The highest BCUT2D eigenvalue weighted by Gasteiger charge is 2.24. The predicted octanol–water partition coefficient (Wildman–Crippen LogP) is 5.39. The van der Waals surface area contributed by atoms with E-state index in [0.717, 1.165) is 21.9 Å². The Kier molecular flexibility index (Phi) is 6.94. The fourth-order valence-electron chi connectivity index (χ4n) is 4.06. The molecule has 184 valence electrons. The number of benzene rings is 4. The number of esters is 1. The zero-order chi connectivity index (χ0) is 25.6. The molecule has 0 aliphatic rings.